The molecule has 2 amide bonds. The van der Waals surface area contributed by atoms with Crippen molar-refractivity contribution in [3.05, 3.63) is 83.1 Å². The van der Waals surface area contributed by atoms with E-state index in [4.69, 9.17) is 21.1 Å². The summed E-state index contributed by atoms with van der Waals surface area (Å²) in [5.74, 6) is -1.14. The maximum atomic E-state index is 14.1. The van der Waals surface area contributed by atoms with E-state index in [0.717, 1.165) is 16.4 Å². The predicted octanol–water partition coefficient (Wildman–Crippen LogP) is 5.02. The average Bonchev–Trinajstić information content (AvgIpc) is 2.96. The second-order valence-corrected chi connectivity index (χ2v) is 12.0. The van der Waals surface area contributed by atoms with Crippen molar-refractivity contribution < 1.29 is 31.9 Å². The Morgan fingerprint density at radius 3 is 2.19 bits per heavy atom. The van der Waals surface area contributed by atoms with Gasteiger partial charge in [-0.1, -0.05) is 36.7 Å². The maximum absolute atomic E-state index is 14.1. The minimum atomic E-state index is -4.40. The fraction of sp³-hybridized carbons (Fsp3) is 0.333. The fourth-order valence-electron chi connectivity index (χ4n) is 4.35. The van der Waals surface area contributed by atoms with Gasteiger partial charge in [-0.15, -0.1) is 0 Å². The number of nitrogens with zero attached hydrogens (tertiary/aromatic N) is 2. The highest BCUT2D eigenvalue weighted by atomic mass is 35.5. The molecule has 3 rings (SSSR count). The Labute approximate surface area is 251 Å². The number of hydrogen-bond donors (Lipinski definition) is 1. The lowest BCUT2D eigenvalue weighted by molar-refractivity contribution is -0.140. The van der Waals surface area contributed by atoms with E-state index in [1.807, 2.05) is 0 Å². The van der Waals surface area contributed by atoms with E-state index in [9.17, 15) is 22.4 Å². The highest BCUT2D eigenvalue weighted by Gasteiger charge is 2.34. The van der Waals surface area contributed by atoms with Crippen molar-refractivity contribution in [1.82, 2.24) is 10.2 Å². The standard InChI is InChI=1S/C30H35ClFN3O6S/c1-6-26(30(37)33-20(2)3)34(18-21-9-7-8-10-25(21)31)29(36)19-35(23-13-11-22(32)12-14-23)42(38,39)24-15-16-27(40-4)28(17-24)41-5/h7-17,20,26H,6,18-19H2,1-5H3,(H,33,37)/t26-/m0/s1. The fourth-order valence-corrected chi connectivity index (χ4v) is 5.98. The summed E-state index contributed by atoms with van der Waals surface area (Å²) in [7, 11) is -1.62. The van der Waals surface area contributed by atoms with Crippen LogP contribution in [0.4, 0.5) is 10.1 Å². The number of rotatable bonds is 13. The first kappa shape index (κ1) is 32.7. The van der Waals surface area contributed by atoms with E-state index in [2.05, 4.69) is 5.32 Å². The smallest absolute Gasteiger partial charge is 0.264 e. The topological polar surface area (TPSA) is 105 Å². The Morgan fingerprint density at radius 2 is 1.62 bits per heavy atom. The van der Waals surface area contributed by atoms with Gasteiger partial charge < -0.3 is 19.7 Å². The molecule has 0 aliphatic heterocycles. The number of carbonyl (C=O) groups is 2. The Bertz CT molecular complexity index is 1500. The number of carbonyl (C=O) groups excluding carboxylic acids is 2. The van der Waals surface area contributed by atoms with Gasteiger partial charge in [0.05, 0.1) is 24.8 Å². The summed E-state index contributed by atoms with van der Waals surface area (Å²) in [5.41, 5.74) is 0.635. The summed E-state index contributed by atoms with van der Waals surface area (Å²) in [5, 5.41) is 3.23. The number of sulfonamides is 1. The monoisotopic (exact) mass is 619 g/mol. The molecule has 0 aliphatic rings. The van der Waals surface area contributed by atoms with E-state index in [1.54, 1.807) is 45.0 Å². The van der Waals surface area contributed by atoms with Crippen LogP contribution in [0.1, 0.15) is 32.8 Å². The van der Waals surface area contributed by atoms with Gasteiger partial charge in [0.1, 0.15) is 18.4 Å². The van der Waals surface area contributed by atoms with E-state index >= 15 is 0 Å². The van der Waals surface area contributed by atoms with Gasteiger partial charge in [0, 0.05) is 23.7 Å². The van der Waals surface area contributed by atoms with Gasteiger partial charge in [-0.05, 0) is 68.3 Å². The zero-order valence-corrected chi connectivity index (χ0v) is 25.7. The van der Waals surface area contributed by atoms with Crippen LogP contribution in [0.25, 0.3) is 0 Å². The quantitative estimate of drug-likeness (QED) is 0.288. The number of amides is 2. The summed E-state index contributed by atoms with van der Waals surface area (Å²) in [6, 6.07) is 14.6. The van der Waals surface area contributed by atoms with Gasteiger partial charge in [0.15, 0.2) is 11.5 Å². The SMILES string of the molecule is CC[C@@H](C(=O)NC(C)C)N(Cc1ccccc1Cl)C(=O)CN(c1ccc(F)cc1)S(=O)(=O)c1ccc(OC)c(OC)c1. The van der Waals surface area contributed by atoms with Crippen molar-refractivity contribution in [2.24, 2.45) is 0 Å². The van der Waals surface area contributed by atoms with Crippen molar-refractivity contribution in [3.63, 3.8) is 0 Å². The first-order valence-electron chi connectivity index (χ1n) is 13.3. The van der Waals surface area contributed by atoms with E-state index < -0.39 is 34.3 Å². The lowest BCUT2D eigenvalue weighted by Gasteiger charge is -2.33. The van der Waals surface area contributed by atoms with E-state index in [0.29, 0.717) is 16.3 Å². The predicted molar refractivity (Wildman–Crippen MR) is 160 cm³/mol. The lowest BCUT2D eigenvalue weighted by atomic mass is 10.1. The normalized spacial score (nSPS) is 12.0. The van der Waals surface area contributed by atoms with Crippen LogP contribution in [0.15, 0.2) is 71.6 Å². The molecule has 3 aromatic rings. The van der Waals surface area contributed by atoms with Crippen molar-refractivity contribution in [3.8, 4) is 11.5 Å². The third kappa shape index (κ3) is 7.71. The highest BCUT2D eigenvalue weighted by Crippen LogP contribution is 2.32. The van der Waals surface area contributed by atoms with Crippen LogP contribution in [0, 0.1) is 5.82 Å². The van der Waals surface area contributed by atoms with Crippen LogP contribution in [0.5, 0.6) is 11.5 Å². The van der Waals surface area contributed by atoms with Crippen LogP contribution < -0.4 is 19.1 Å². The van der Waals surface area contributed by atoms with Crippen molar-refractivity contribution in [1.29, 1.82) is 0 Å². The van der Waals surface area contributed by atoms with Gasteiger partial charge >= 0.3 is 0 Å². The molecule has 1 N–H and O–H groups in total. The molecular formula is C30H35ClFN3O6S. The van der Waals surface area contributed by atoms with Crippen molar-refractivity contribution >= 4 is 39.1 Å². The molecule has 0 radical (unpaired) electrons. The summed E-state index contributed by atoms with van der Waals surface area (Å²) < 4.78 is 53.3. The number of ether oxygens (including phenoxy) is 2. The largest absolute Gasteiger partial charge is 0.493 e. The van der Waals surface area contributed by atoms with Gasteiger partial charge in [-0.3, -0.25) is 13.9 Å². The second-order valence-electron chi connectivity index (χ2n) is 9.71. The van der Waals surface area contributed by atoms with Crippen LogP contribution in [0.2, 0.25) is 5.02 Å². The molecule has 0 aliphatic carbocycles. The first-order chi connectivity index (χ1) is 19.9. The van der Waals surface area contributed by atoms with E-state index in [1.165, 1.54) is 49.5 Å². The van der Waals surface area contributed by atoms with Crippen LogP contribution in [-0.4, -0.2) is 58.0 Å². The molecule has 0 unspecified atom stereocenters. The number of hydrogen-bond acceptors (Lipinski definition) is 6. The van der Waals surface area contributed by atoms with Crippen LogP contribution >= 0.6 is 11.6 Å². The molecule has 3 aromatic carbocycles. The molecule has 0 heterocycles. The average molecular weight is 620 g/mol. The number of methoxy groups -OCH3 is 2. The zero-order chi connectivity index (χ0) is 31.0. The summed E-state index contributed by atoms with van der Waals surface area (Å²) >= 11 is 6.40. The molecule has 226 valence electrons. The number of benzene rings is 3. The van der Waals surface area contributed by atoms with Crippen LogP contribution in [0.3, 0.4) is 0 Å². The Morgan fingerprint density at radius 1 is 0.976 bits per heavy atom. The first-order valence-corrected chi connectivity index (χ1v) is 15.1. The number of nitrogens with one attached hydrogen (secondary N) is 1. The van der Waals surface area contributed by atoms with Crippen molar-refractivity contribution in [2.45, 2.75) is 50.7 Å². The Kier molecular flexibility index (Phi) is 11.2. The molecule has 0 aromatic heterocycles. The molecule has 0 fully saturated rings. The Balaban J connectivity index is 2.11. The molecule has 12 heteroatoms. The number of anilines is 1. The number of halogens is 2. The van der Waals surface area contributed by atoms with Gasteiger partial charge in [0.25, 0.3) is 10.0 Å². The zero-order valence-electron chi connectivity index (χ0n) is 24.1. The summed E-state index contributed by atoms with van der Waals surface area (Å²) in [4.78, 5) is 28.4. The lowest BCUT2D eigenvalue weighted by Crippen LogP contribution is -2.53. The summed E-state index contributed by atoms with van der Waals surface area (Å²) in [6.45, 7) is 4.64. The second kappa shape index (κ2) is 14.4. The molecule has 9 nitrogen and oxygen atoms in total. The molecule has 0 saturated carbocycles. The van der Waals surface area contributed by atoms with E-state index in [-0.39, 0.29) is 41.2 Å². The molecule has 0 saturated heterocycles. The Hall–Kier alpha value is -3.83. The van der Waals surface area contributed by atoms with Gasteiger partial charge in [-0.2, -0.15) is 0 Å². The minimum Gasteiger partial charge on any atom is -0.493 e. The van der Waals surface area contributed by atoms with Crippen molar-refractivity contribution in [2.75, 3.05) is 25.1 Å². The molecule has 0 spiro atoms. The highest BCUT2D eigenvalue weighted by molar-refractivity contribution is 7.92. The third-order valence-electron chi connectivity index (χ3n) is 6.45. The maximum Gasteiger partial charge on any atom is 0.264 e. The molecule has 0 bridgehead atoms. The van der Waals surface area contributed by atoms with Gasteiger partial charge in [-0.25, -0.2) is 12.8 Å². The van der Waals surface area contributed by atoms with Crippen LogP contribution in [-0.2, 0) is 26.2 Å². The summed E-state index contributed by atoms with van der Waals surface area (Å²) in [6.07, 6.45) is 0.258. The van der Waals surface area contributed by atoms with Gasteiger partial charge in [0.2, 0.25) is 11.8 Å². The third-order valence-corrected chi connectivity index (χ3v) is 8.59. The molecular weight excluding hydrogens is 585 g/mol. The minimum absolute atomic E-state index is 0.0454. The molecule has 1 atom stereocenters. The molecule has 42 heavy (non-hydrogen) atoms.